The minimum atomic E-state index is 0.712. The van der Waals surface area contributed by atoms with Gasteiger partial charge in [-0.05, 0) is 43.9 Å². The van der Waals surface area contributed by atoms with E-state index in [1.165, 1.54) is 10.5 Å². The molecule has 23 heavy (non-hydrogen) atoms. The van der Waals surface area contributed by atoms with Crippen LogP contribution in [-0.4, -0.2) is 26.0 Å². The number of rotatable bonds is 5. The Morgan fingerprint density at radius 1 is 1.13 bits per heavy atom. The van der Waals surface area contributed by atoms with E-state index in [4.69, 9.17) is 0 Å². The predicted molar refractivity (Wildman–Crippen MR) is 94.2 cm³/mol. The van der Waals surface area contributed by atoms with Crippen LogP contribution in [0.4, 0.5) is 5.82 Å². The lowest BCUT2D eigenvalue weighted by molar-refractivity contribution is 0.799. The normalized spacial score (nSPS) is 10.7. The second-order valence-corrected chi connectivity index (χ2v) is 6.18. The summed E-state index contributed by atoms with van der Waals surface area (Å²) in [6, 6.07) is 10.5. The molecule has 5 nitrogen and oxygen atoms in total. The van der Waals surface area contributed by atoms with Gasteiger partial charge in [-0.25, -0.2) is 9.67 Å². The molecule has 1 aromatic carbocycles. The highest BCUT2D eigenvalue weighted by Gasteiger charge is 2.06. The SMILES string of the molecule is CSc1ccc(CNc2cncc(-n3nc(C)cc3C)n2)cc1. The van der Waals surface area contributed by atoms with Gasteiger partial charge in [0.1, 0.15) is 5.82 Å². The van der Waals surface area contributed by atoms with Gasteiger partial charge in [-0.2, -0.15) is 5.10 Å². The Bertz CT molecular complexity index is 795. The third-order valence-electron chi connectivity index (χ3n) is 3.48. The lowest BCUT2D eigenvalue weighted by atomic mass is 10.2. The van der Waals surface area contributed by atoms with E-state index >= 15 is 0 Å². The molecule has 0 saturated heterocycles. The van der Waals surface area contributed by atoms with Crippen molar-refractivity contribution in [1.82, 2.24) is 19.7 Å². The van der Waals surface area contributed by atoms with Crippen molar-refractivity contribution in [3.63, 3.8) is 0 Å². The predicted octanol–water partition coefficient (Wildman–Crippen LogP) is 3.61. The zero-order valence-corrected chi connectivity index (χ0v) is 14.3. The van der Waals surface area contributed by atoms with Crippen LogP contribution in [0.5, 0.6) is 0 Å². The Balaban J connectivity index is 1.73. The fraction of sp³-hybridized carbons (Fsp3) is 0.235. The molecule has 0 aliphatic rings. The third-order valence-corrected chi connectivity index (χ3v) is 4.22. The van der Waals surface area contributed by atoms with Crippen molar-refractivity contribution in [2.45, 2.75) is 25.3 Å². The summed E-state index contributed by atoms with van der Waals surface area (Å²) in [5, 5.41) is 7.76. The van der Waals surface area contributed by atoms with Gasteiger partial charge in [0.05, 0.1) is 18.1 Å². The molecule has 2 heterocycles. The van der Waals surface area contributed by atoms with E-state index in [2.05, 4.69) is 50.9 Å². The van der Waals surface area contributed by atoms with Gasteiger partial charge in [0.15, 0.2) is 5.82 Å². The number of thioether (sulfide) groups is 1. The number of nitrogens with one attached hydrogen (secondary N) is 1. The van der Waals surface area contributed by atoms with Crippen molar-refractivity contribution in [3.05, 3.63) is 59.7 Å². The summed E-state index contributed by atoms with van der Waals surface area (Å²) in [5.74, 6) is 1.46. The number of hydrogen-bond donors (Lipinski definition) is 1. The number of anilines is 1. The highest BCUT2D eigenvalue weighted by Crippen LogP contribution is 2.16. The smallest absolute Gasteiger partial charge is 0.174 e. The Morgan fingerprint density at radius 2 is 1.91 bits per heavy atom. The fourth-order valence-electron chi connectivity index (χ4n) is 2.34. The highest BCUT2D eigenvalue weighted by atomic mass is 32.2. The van der Waals surface area contributed by atoms with Crippen molar-refractivity contribution >= 4 is 17.6 Å². The van der Waals surface area contributed by atoms with Crippen LogP contribution in [0.2, 0.25) is 0 Å². The largest absolute Gasteiger partial charge is 0.365 e. The zero-order valence-electron chi connectivity index (χ0n) is 13.4. The molecule has 0 atom stereocenters. The quantitative estimate of drug-likeness (QED) is 0.726. The van der Waals surface area contributed by atoms with Crippen LogP contribution in [0.3, 0.4) is 0 Å². The Kier molecular flexibility index (Phi) is 4.62. The number of hydrogen-bond acceptors (Lipinski definition) is 5. The van der Waals surface area contributed by atoms with Gasteiger partial charge >= 0.3 is 0 Å². The Hall–Kier alpha value is -2.34. The van der Waals surface area contributed by atoms with Gasteiger partial charge < -0.3 is 5.32 Å². The minimum absolute atomic E-state index is 0.712. The molecule has 0 amide bonds. The summed E-state index contributed by atoms with van der Waals surface area (Å²) in [6.07, 6.45) is 5.52. The Labute approximate surface area is 140 Å². The summed E-state index contributed by atoms with van der Waals surface area (Å²) in [5.41, 5.74) is 3.22. The first-order chi connectivity index (χ1) is 11.2. The van der Waals surface area contributed by atoms with Crippen molar-refractivity contribution in [2.75, 3.05) is 11.6 Å². The van der Waals surface area contributed by atoms with Gasteiger partial charge in [0.25, 0.3) is 0 Å². The van der Waals surface area contributed by atoms with Crippen LogP contribution in [0.25, 0.3) is 5.82 Å². The van der Waals surface area contributed by atoms with E-state index in [0.29, 0.717) is 6.54 Å². The molecule has 118 valence electrons. The molecular formula is C17H19N5S. The molecule has 6 heteroatoms. The molecule has 0 radical (unpaired) electrons. The number of aromatic nitrogens is 4. The lowest BCUT2D eigenvalue weighted by Crippen LogP contribution is -2.07. The van der Waals surface area contributed by atoms with Crippen LogP contribution in [0.15, 0.2) is 47.6 Å². The number of aryl methyl sites for hydroxylation is 2. The molecule has 0 aliphatic carbocycles. The summed E-state index contributed by atoms with van der Waals surface area (Å²) < 4.78 is 1.81. The molecular weight excluding hydrogens is 306 g/mol. The second kappa shape index (κ2) is 6.83. The number of nitrogens with zero attached hydrogens (tertiary/aromatic N) is 4. The third kappa shape index (κ3) is 3.71. The van der Waals surface area contributed by atoms with Crippen molar-refractivity contribution in [1.29, 1.82) is 0 Å². The minimum Gasteiger partial charge on any atom is -0.365 e. The monoisotopic (exact) mass is 325 g/mol. The van der Waals surface area contributed by atoms with Crippen molar-refractivity contribution in [2.24, 2.45) is 0 Å². The van der Waals surface area contributed by atoms with Crippen LogP contribution in [-0.2, 0) is 6.54 Å². The Morgan fingerprint density at radius 3 is 2.57 bits per heavy atom. The van der Waals surface area contributed by atoms with E-state index in [9.17, 15) is 0 Å². The molecule has 3 rings (SSSR count). The summed E-state index contributed by atoms with van der Waals surface area (Å²) in [4.78, 5) is 10.1. The van der Waals surface area contributed by atoms with Gasteiger partial charge in [-0.1, -0.05) is 12.1 Å². The van der Waals surface area contributed by atoms with Crippen molar-refractivity contribution in [3.8, 4) is 5.82 Å². The number of benzene rings is 1. The van der Waals surface area contributed by atoms with Crippen LogP contribution < -0.4 is 5.32 Å². The summed E-state index contributed by atoms with van der Waals surface area (Å²) in [7, 11) is 0. The van der Waals surface area contributed by atoms with Gasteiger partial charge in [0.2, 0.25) is 0 Å². The maximum Gasteiger partial charge on any atom is 0.174 e. The molecule has 0 saturated carbocycles. The first kappa shape index (κ1) is 15.6. The summed E-state index contributed by atoms with van der Waals surface area (Å²) >= 11 is 1.74. The average Bonchev–Trinajstić information content (AvgIpc) is 2.92. The average molecular weight is 325 g/mol. The van der Waals surface area contributed by atoms with E-state index in [0.717, 1.165) is 23.0 Å². The first-order valence-corrected chi connectivity index (χ1v) is 8.60. The standard InChI is InChI=1S/C17H19N5S/c1-12-8-13(2)22(21-12)17-11-18-10-16(20-17)19-9-14-4-6-15(23-3)7-5-14/h4-8,10-11H,9H2,1-3H3,(H,19,20). The molecule has 0 bridgehead atoms. The highest BCUT2D eigenvalue weighted by molar-refractivity contribution is 7.98. The zero-order chi connectivity index (χ0) is 16.2. The van der Waals surface area contributed by atoms with Gasteiger partial charge in [0, 0.05) is 17.1 Å². The van der Waals surface area contributed by atoms with Crippen molar-refractivity contribution < 1.29 is 0 Å². The molecule has 0 spiro atoms. The molecule has 0 aliphatic heterocycles. The van der Waals surface area contributed by atoms with E-state index in [1.54, 1.807) is 28.8 Å². The molecule has 0 fully saturated rings. The van der Waals surface area contributed by atoms with Crippen LogP contribution >= 0.6 is 11.8 Å². The molecule has 3 aromatic rings. The van der Waals surface area contributed by atoms with E-state index < -0.39 is 0 Å². The van der Waals surface area contributed by atoms with E-state index in [-0.39, 0.29) is 0 Å². The van der Waals surface area contributed by atoms with Gasteiger partial charge in [-0.15, -0.1) is 11.8 Å². The topological polar surface area (TPSA) is 55.6 Å². The van der Waals surface area contributed by atoms with Gasteiger partial charge in [-0.3, -0.25) is 4.98 Å². The maximum atomic E-state index is 4.59. The molecule has 1 N–H and O–H groups in total. The van der Waals surface area contributed by atoms with E-state index in [1.807, 2.05) is 19.9 Å². The van der Waals surface area contributed by atoms with Crippen LogP contribution in [0.1, 0.15) is 17.0 Å². The second-order valence-electron chi connectivity index (χ2n) is 5.30. The summed E-state index contributed by atoms with van der Waals surface area (Å²) in [6.45, 7) is 4.69. The van der Waals surface area contributed by atoms with Crippen LogP contribution in [0, 0.1) is 13.8 Å². The maximum absolute atomic E-state index is 4.59. The molecule has 2 aromatic heterocycles. The fourth-order valence-corrected chi connectivity index (χ4v) is 2.75. The lowest BCUT2D eigenvalue weighted by Gasteiger charge is -2.08. The first-order valence-electron chi connectivity index (χ1n) is 7.38. The molecule has 0 unspecified atom stereocenters.